The SMILES string of the molecule is C=C1O[C@H]2[CH-]O[C@]1(CC)[C@H]2O.C=C1O[C@H]2[CH-]O[C@]1(CO)[C@H]2O.[2H]C[C@]12O[CH-][C@H](OC1=C)[C@@H]2O.[2H]C[C@]12O[CH-][C@H](OC1=C)[C@@H]2OP(OCC[N+]#[C-])N(C(C)C)C(C)C.[3H]OC.[3H]OC.[U].[U].[U].[U]. The Morgan fingerprint density at radius 2 is 1.17 bits per heavy atom. The Morgan fingerprint density at radius 1 is 0.762 bits per heavy atom. The van der Waals surface area contributed by atoms with Gasteiger partial charge in [-0.15, -0.1) is 0 Å². The maximum atomic E-state index is 9.61. The van der Waals surface area contributed by atoms with Gasteiger partial charge >= 0.3 is 0 Å². The van der Waals surface area contributed by atoms with E-state index in [-0.39, 0.29) is 176 Å². The molecule has 0 aliphatic carbocycles. The third kappa shape index (κ3) is 13.8. The predicted molar refractivity (Wildman–Crippen MR) is 213 cm³/mol. The van der Waals surface area contributed by atoms with Crippen molar-refractivity contribution in [1.82, 2.24) is 4.67 Å². The summed E-state index contributed by atoms with van der Waals surface area (Å²) in [4.78, 5) is 3.33. The van der Waals surface area contributed by atoms with Gasteiger partial charge in [-0.05, 0) is 47.9 Å². The molecule has 8 heterocycles. The zero-order chi connectivity index (χ0) is 47.5. The summed E-state index contributed by atoms with van der Waals surface area (Å²) in [6, 6.07) is 0.424. The Kier molecular flexibility index (Phi) is 27.4. The third-order valence-electron chi connectivity index (χ3n) is 10.4. The molecule has 0 amide bonds. The van der Waals surface area contributed by atoms with Crippen LogP contribution in [0.1, 0.15) is 57.6 Å². The van der Waals surface area contributed by atoms with Gasteiger partial charge in [-0.3, -0.25) is 0 Å². The minimum atomic E-state index is -1.41. The fraction of sp³-hybridized carbons (Fsp3) is 0.675. The first-order chi connectivity index (χ1) is 29.8. The smallest absolute Gasteiger partial charge is 0.259 e. The normalized spacial score (nSPS) is 37.3. The van der Waals surface area contributed by atoms with Crippen LogP contribution < -0.4 is 0 Å². The van der Waals surface area contributed by atoms with Crippen molar-refractivity contribution in [1.29, 1.82) is 2.86 Å². The summed E-state index contributed by atoms with van der Waals surface area (Å²) >= 11 is 0. The summed E-state index contributed by atoms with van der Waals surface area (Å²) in [5, 5.41) is 44.5. The summed E-state index contributed by atoms with van der Waals surface area (Å²) in [6.07, 6.45) is -3.47. The molecular weight excluding hydrogens is 1750 g/mol. The van der Waals surface area contributed by atoms with Crippen molar-refractivity contribution in [2.75, 3.05) is 34.0 Å². The van der Waals surface area contributed by atoms with Gasteiger partial charge in [0.25, 0.3) is 8.53 Å². The molecule has 8 aliphatic rings. The molecule has 8 saturated heterocycles. The number of fused-ring (bicyclic) bond motifs is 8. The van der Waals surface area contributed by atoms with Crippen LogP contribution in [0.3, 0.4) is 0 Å². The molecule has 8 aliphatic heterocycles. The molecule has 63 heavy (non-hydrogen) atoms. The summed E-state index contributed by atoms with van der Waals surface area (Å²) in [6.45, 7) is 38.0. The Labute approximate surface area is 475 Å². The molecule has 13 atom stereocenters. The summed E-state index contributed by atoms with van der Waals surface area (Å²) in [7, 11) is 1.17. The maximum absolute atomic E-state index is 9.61. The topological polar surface area (TPSA) is 221 Å². The minimum Gasteiger partial charge on any atom is -0.537 e. The second kappa shape index (κ2) is 29.2. The van der Waals surface area contributed by atoms with Crippen molar-refractivity contribution >= 4 is 8.53 Å². The quantitative estimate of drug-likeness (QED) is 0.105. The number of aliphatic hydroxyl groups excluding tert-OH is 6. The first kappa shape index (κ1) is 59.1. The molecule has 8 bridgehead atoms. The van der Waals surface area contributed by atoms with Crippen molar-refractivity contribution in [3.05, 3.63) is 87.2 Å². The van der Waals surface area contributed by atoms with E-state index < -0.39 is 67.6 Å². The summed E-state index contributed by atoms with van der Waals surface area (Å²) in [5.41, 5.74) is -3.69. The van der Waals surface area contributed by atoms with Crippen molar-refractivity contribution in [2.24, 2.45) is 0 Å². The Morgan fingerprint density at radius 3 is 1.48 bits per heavy atom. The van der Waals surface area contributed by atoms with Crippen LogP contribution in [0, 0.1) is 157 Å². The largest absolute Gasteiger partial charge is 0.537 e. The van der Waals surface area contributed by atoms with Gasteiger partial charge in [0.1, 0.15) is 64.3 Å². The molecule has 8 rings (SSSR count). The molecule has 0 radical (unpaired) electrons. The number of hydrogen-bond donors (Lipinski definition) is 6. The van der Waals surface area contributed by atoms with E-state index in [0.717, 1.165) is 0 Å². The number of hydrogen-bond acceptors (Lipinski definition) is 17. The van der Waals surface area contributed by atoms with Crippen LogP contribution in [0.5, 0.6) is 0 Å². The minimum absolute atomic E-state index is 0. The molecule has 0 aromatic carbocycles. The zero-order valence-corrected chi connectivity index (χ0v) is 54.2. The Balaban J connectivity index is 0. The third-order valence-corrected chi connectivity index (χ3v) is 12.5. The van der Waals surface area contributed by atoms with Gasteiger partial charge in [0.2, 0.25) is 9.41 Å². The molecular formula is C40H63N2O16PU4-4. The molecule has 18 nitrogen and oxygen atoms in total. The fourth-order valence-electron chi connectivity index (χ4n) is 6.97. The number of aliphatic hydroxyl groups is 6. The first-order valence-electron chi connectivity index (χ1n) is 21.0. The van der Waals surface area contributed by atoms with E-state index in [4.69, 9.17) is 64.2 Å². The van der Waals surface area contributed by atoms with Gasteiger partial charge in [-0.25, -0.2) is 11.2 Å². The van der Waals surface area contributed by atoms with Crippen LogP contribution in [-0.4, -0.2) is 155 Å². The van der Waals surface area contributed by atoms with E-state index in [0.29, 0.717) is 36.1 Å². The molecule has 0 saturated carbocycles. The molecule has 6 N–H and O–H groups in total. The van der Waals surface area contributed by atoms with Crippen LogP contribution in [0.15, 0.2) is 49.4 Å². The standard InChI is InChI=1S/C16H26N2O4P.C8H11O3.C7H9O4.C7H9O3.2CH4O.4U/c1-11(2)18(12(3)4)23(20-9-8-17-7)22-15-14-10-19-16(15,6)13(5)21-14;1-3-8-5(2)11-6(4-10-8)7(8)9;1-4-7(3-8)6(9)5(11-4)2-10-7;1-4-7(2)6(8)5(10-4)3-9-7;2*1-2;;;;/h10-12,14-15H,5,8-9H2,1-4,6H3;4,6-7,9H,2-3H2,1H3;2,5-6,8-9H,1,3H2;3,5-6,8H,1H2,2H3;2*2H,1H3;;;;/q4*-1;;;;;;/t14-,15-,16-,23?;6-,7-,8-;2*5-,6-,7-;;;;;;/m0000....../s1/i6D;;;2D;2*2T;;;;. The summed E-state index contributed by atoms with van der Waals surface area (Å²) in [5.74, 6) is 1.67. The average molecular weight is 1820 g/mol. The van der Waals surface area contributed by atoms with Gasteiger partial charge in [0.15, 0.2) is 0 Å². The van der Waals surface area contributed by atoms with Gasteiger partial charge in [0, 0.05) is 178 Å². The van der Waals surface area contributed by atoms with Crippen LogP contribution in [0.4, 0.5) is 0 Å². The predicted octanol–water partition coefficient (Wildman–Crippen LogP) is 2.73. The molecule has 0 aromatic rings. The van der Waals surface area contributed by atoms with Gasteiger partial charge in [-0.1, -0.05) is 33.2 Å². The van der Waals surface area contributed by atoms with Gasteiger partial charge in [-0.2, -0.15) is 26.4 Å². The van der Waals surface area contributed by atoms with E-state index in [1.54, 1.807) is 13.2 Å². The second-order valence-corrected chi connectivity index (χ2v) is 15.9. The molecule has 354 valence electrons. The fourth-order valence-corrected chi connectivity index (χ4v) is 8.74. The maximum Gasteiger partial charge on any atom is 0.259 e. The Hall–Kier alpha value is 1.77. The number of ether oxygens (including phenoxy) is 8. The molecule has 23 heteroatoms. The zero-order valence-electron chi connectivity index (χ0n) is 40.7. The van der Waals surface area contributed by atoms with Gasteiger partial charge in [0.05, 0.1) is 18.8 Å². The second-order valence-electron chi connectivity index (χ2n) is 14.5. The van der Waals surface area contributed by atoms with E-state index in [1.807, 2.05) is 6.92 Å². The van der Waals surface area contributed by atoms with E-state index in [9.17, 15) is 15.3 Å². The van der Waals surface area contributed by atoms with E-state index in [1.165, 1.54) is 27.4 Å². The first-order valence-corrected chi connectivity index (χ1v) is 19.9. The summed E-state index contributed by atoms with van der Waals surface area (Å²) < 4.78 is 83.1. The van der Waals surface area contributed by atoms with E-state index in [2.05, 4.69) is 73.7 Å². The van der Waals surface area contributed by atoms with Crippen molar-refractivity contribution < 1.29 is 205 Å². The molecule has 0 spiro atoms. The van der Waals surface area contributed by atoms with Crippen LogP contribution in [-0.2, 0) is 46.9 Å². The van der Waals surface area contributed by atoms with Crippen molar-refractivity contribution in [3.8, 4) is 0 Å². The van der Waals surface area contributed by atoms with Crippen molar-refractivity contribution in [3.63, 3.8) is 0 Å². The molecule has 1 unspecified atom stereocenters. The molecule has 0 aromatic heterocycles. The van der Waals surface area contributed by atoms with Crippen molar-refractivity contribution in [2.45, 2.75) is 138 Å². The van der Waals surface area contributed by atoms with Crippen LogP contribution in [0.2, 0.25) is 0 Å². The molecule has 8 fully saturated rings. The number of rotatable bonds is 10. The Bertz CT molecular complexity index is 1490. The van der Waals surface area contributed by atoms with Crippen LogP contribution >= 0.6 is 8.53 Å². The number of nitrogens with zero attached hydrogens (tertiary/aromatic N) is 2. The average Bonchev–Trinajstić information content (AvgIpc) is 4.12. The monoisotopic (exact) mass is 1820 g/mol. The van der Waals surface area contributed by atoms with Crippen LogP contribution in [0.25, 0.3) is 4.85 Å². The van der Waals surface area contributed by atoms with Gasteiger partial charge < -0.3 is 82.4 Å². The van der Waals surface area contributed by atoms with E-state index >= 15 is 0 Å².